The summed E-state index contributed by atoms with van der Waals surface area (Å²) in [6.07, 6.45) is 0.498. The molecule has 2 heterocycles. The Hall–Kier alpha value is -3.41. The molecule has 3 rings (SSSR count). The van der Waals surface area contributed by atoms with E-state index in [-0.39, 0.29) is 35.4 Å². The highest BCUT2D eigenvalue weighted by Gasteiger charge is 2.25. The van der Waals surface area contributed by atoms with Gasteiger partial charge in [0.15, 0.2) is 0 Å². The molecule has 2 aromatic rings. The monoisotopic (exact) mass is 422 g/mol. The van der Waals surface area contributed by atoms with Gasteiger partial charge in [0.05, 0.1) is 38.2 Å². The number of hydrogen-bond acceptors (Lipinski definition) is 9. The van der Waals surface area contributed by atoms with Crippen LogP contribution >= 0.6 is 0 Å². The Morgan fingerprint density at radius 2 is 1.90 bits per heavy atom. The number of anilines is 1. The second-order valence-corrected chi connectivity index (χ2v) is 7.65. The average molecular weight is 422 g/mol. The van der Waals surface area contributed by atoms with Crippen molar-refractivity contribution in [3.8, 4) is 11.8 Å². The number of carbonyl (C=O) groups excluding carboxylic acids is 2. The summed E-state index contributed by atoms with van der Waals surface area (Å²) in [5.41, 5.74) is 1.16. The first kappa shape index (κ1) is 20.3. The highest BCUT2D eigenvalue weighted by molar-refractivity contribution is 7.89. The van der Waals surface area contributed by atoms with E-state index in [1.165, 1.54) is 26.4 Å². The number of benzene rings is 1. The van der Waals surface area contributed by atoms with Crippen molar-refractivity contribution in [3.63, 3.8) is 0 Å². The van der Waals surface area contributed by atoms with E-state index >= 15 is 0 Å². The summed E-state index contributed by atoms with van der Waals surface area (Å²) < 4.78 is 41.6. The number of aromatic nitrogens is 2. The first-order valence-electron chi connectivity index (χ1n) is 8.37. The predicted molar refractivity (Wildman–Crippen MR) is 100 cm³/mol. The number of hydrogen-bond donors (Lipinski definition) is 2. The van der Waals surface area contributed by atoms with E-state index in [4.69, 9.17) is 14.2 Å². The molecule has 2 amide bonds. The van der Waals surface area contributed by atoms with Gasteiger partial charge in [0.2, 0.25) is 27.7 Å². The van der Waals surface area contributed by atoms with Crippen molar-refractivity contribution in [3.05, 3.63) is 41.0 Å². The van der Waals surface area contributed by atoms with Gasteiger partial charge in [-0.25, -0.2) is 22.7 Å². The number of nitrogens with one attached hydrogen (secondary N) is 2. The number of sulfonamides is 1. The fourth-order valence-corrected chi connectivity index (χ4v) is 3.80. The van der Waals surface area contributed by atoms with Crippen LogP contribution in [-0.2, 0) is 26.9 Å². The third-order valence-corrected chi connectivity index (χ3v) is 5.15. The molecule has 0 saturated carbocycles. The summed E-state index contributed by atoms with van der Waals surface area (Å²) in [4.78, 5) is 31.9. The van der Waals surface area contributed by atoms with Crippen LogP contribution in [0.1, 0.15) is 21.5 Å². The quantitative estimate of drug-likeness (QED) is 0.647. The molecule has 1 aromatic carbocycles. The molecular weight excluding hydrogens is 404 g/mol. The van der Waals surface area contributed by atoms with Gasteiger partial charge in [-0.3, -0.25) is 5.32 Å². The van der Waals surface area contributed by atoms with E-state index in [9.17, 15) is 18.0 Å². The highest BCUT2D eigenvalue weighted by atomic mass is 32.2. The molecule has 1 aliphatic heterocycles. The normalized spacial score (nSPS) is 13.1. The van der Waals surface area contributed by atoms with Crippen molar-refractivity contribution in [2.24, 2.45) is 0 Å². The van der Waals surface area contributed by atoms with Crippen LogP contribution in [-0.4, -0.2) is 51.2 Å². The van der Waals surface area contributed by atoms with Crippen molar-refractivity contribution in [1.29, 1.82) is 0 Å². The van der Waals surface area contributed by atoms with Gasteiger partial charge < -0.3 is 14.2 Å². The van der Waals surface area contributed by atoms with E-state index in [0.29, 0.717) is 12.0 Å². The van der Waals surface area contributed by atoms with E-state index in [1.807, 2.05) is 4.72 Å². The average Bonchev–Trinajstić information content (AvgIpc) is 2.67. The molecule has 0 spiro atoms. The number of amides is 2. The van der Waals surface area contributed by atoms with Crippen molar-refractivity contribution >= 4 is 28.0 Å². The van der Waals surface area contributed by atoms with Crippen LogP contribution in [0.2, 0.25) is 0 Å². The Morgan fingerprint density at radius 3 is 2.55 bits per heavy atom. The maximum atomic E-state index is 12.4. The van der Waals surface area contributed by atoms with Crippen LogP contribution in [0.4, 0.5) is 10.7 Å². The third-order valence-electron chi connectivity index (χ3n) is 3.96. The lowest BCUT2D eigenvalue weighted by Crippen LogP contribution is -2.36. The Bertz CT molecular complexity index is 1030. The number of methoxy groups -OCH3 is 2. The fourth-order valence-electron chi connectivity index (χ4n) is 2.75. The number of cyclic esters (lactones) is 1. The zero-order valence-electron chi connectivity index (χ0n) is 15.6. The molecule has 0 radical (unpaired) electrons. The largest absolute Gasteiger partial charge is 0.481 e. The maximum Gasteiger partial charge on any atom is 0.338 e. The molecule has 1 aliphatic rings. The van der Waals surface area contributed by atoms with Crippen LogP contribution in [0.25, 0.3) is 0 Å². The minimum absolute atomic E-state index is 0.115. The van der Waals surface area contributed by atoms with Gasteiger partial charge in [0, 0.05) is 6.42 Å². The number of esters is 1. The summed E-state index contributed by atoms with van der Waals surface area (Å²) in [7, 11) is -1.40. The van der Waals surface area contributed by atoms with E-state index in [2.05, 4.69) is 15.3 Å². The lowest BCUT2D eigenvalue weighted by molar-refractivity contribution is 0.0479. The SMILES string of the molecule is COc1cc(OC)nc(NC(=O)NS(=O)(=O)Cc2cccc3c2C(=O)OCC3)n1. The zero-order valence-corrected chi connectivity index (χ0v) is 16.4. The first-order chi connectivity index (χ1) is 13.8. The van der Waals surface area contributed by atoms with E-state index in [1.54, 1.807) is 12.1 Å². The lowest BCUT2D eigenvalue weighted by Gasteiger charge is -2.18. The molecule has 0 bridgehead atoms. The topological polar surface area (TPSA) is 146 Å². The van der Waals surface area contributed by atoms with Crippen LogP contribution in [0.15, 0.2) is 24.3 Å². The number of urea groups is 1. The summed E-state index contributed by atoms with van der Waals surface area (Å²) in [5.74, 6) is -1.15. The van der Waals surface area contributed by atoms with Gasteiger partial charge in [-0.15, -0.1) is 0 Å². The van der Waals surface area contributed by atoms with Gasteiger partial charge in [-0.05, 0) is 11.1 Å². The second kappa shape index (κ2) is 8.31. The lowest BCUT2D eigenvalue weighted by atomic mass is 9.98. The molecule has 0 aliphatic carbocycles. The number of carbonyl (C=O) groups is 2. The molecule has 1 aromatic heterocycles. The summed E-state index contributed by atoms with van der Waals surface area (Å²) in [6, 6.07) is 5.20. The van der Waals surface area contributed by atoms with Gasteiger partial charge in [-0.2, -0.15) is 9.97 Å². The Balaban J connectivity index is 1.74. The first-order valence-corrected chi connectivity index (χ1v) is 10.0. The van der Waals surface area contributed by atoms with Crippen LogP contribution < -0.4 is 19.5 Å². The van der Waals surface area contributed by atoms with Crippen molar-refractivity contribution in [2.45, 2.75) is 12.2 Å². The van der Waals surface area contributed by atoms with E-state index < -0.39 is 27.8 Å². The zero-order chi connectivity index (χ0) is 21.0. The molecule has 154 valence electrons. The molecule has 29 heavy (non-hydrogen) atoms. The molecule has 0 fully saturated rings. The van der Waals surface area contributed by atoms with E-state index in [0.717, 1.165) is 0 Å². The van der Waals surface area contributed by atoms with Crippen molar-refractivity contribution < 1.29 is 32.2 Å². The molecule has 12 heteroatoms. The molecule has 11 nitrogen and oxygen atoms in total. The van der Waals surface area contributed by atoms with Crippen LogP contribution in [0.5, 0.6) is 11.8 Å². The number of fused-ring (bicyclic) bond motifs is 1. The number of ether oxygens (including phenoxy) is 3. The molecular formula is C17H18N4O7S. The highest BCUT2D eigenvalue weighted by Crippen LogP contribution is 2.22. The molecule has 0 unspecified atom stereocenters. The van der Waals surface area contributed by atoms with Gasteiger partial charge in [-0.1, -0.05) is 18.2 Å². The standard InChI is InChI=1S/C17H18N4O7S/c1-26-12-8-13(27-2)19-16(18-12)20-17(23)21-29(24,25)9-11-5-3-4-10-6-7-28-15(22)14(10)11/h3-5,8H,6-7,9H2,1-2H3,(H2,18,19,20,21,23). The number of rotatable bonds is 6. The smallest absolute Gasteiger partial charge is 0.338 e. The van der Waals surface area contributed by atoms with Gasteiger partial charge in [0.25, 0.3) is 0 Å². The summed E-state index contributed by atoms with van der Waals surface area (Å²) in [6.45, 7) is 0.243. The van der Waals surface area contributed by atoms with Gasteiger partial charge in [0.1, 0.15) is 0 Å². The molecule has 0 saturated heterocycles. The van der Waals surface area contributed by atoms with Crippen LogP contribution in [0.3, 0.4) is 0 Å². The summed E-state index contributed by atoms with van der Waals surface area (Å²) >= 11 is 0. The minimum Gasteiger partial charge on any atom is -0.481 e. The van der Waals surface area contributed by atoms with Gasteiger partial charge >= 0.3 is 12.0 Å². The second-order valence-electron chi connectivity index (χ2n) is 5.93. The number of nitrogens with zero attached hydrogens (tertiary/aromatic N) is 2. The maximum absolute atomic E-state index is 12.4. The minimum atomic E-state index is -4.13. The predicted octanol–water partition coefficient (Wildman–Crippen LogP) is 0.858. The Morgan fingerprint density at radius 1 is 1.21 bits per heavy atom. The van der Waals surface area contributed by atoms with Crippen LogP contribution in [0, 0.1) is 0 Å². The van der Waals surface area contributed by atoms with Crippen molar-refractivity contribution in [1.82, 2.24) is 14.7 Å². The third kappa shape index (κ3) is 4.90. The van der Waals surface area contributed by atoms with Crippen molar-refractivity contribution in [2.75, 3.05) is 26.1 Å². The Labute approximate surface area is 166 Å². The Kier molecular flexibility index (Phi) is 5.82. The summed E-state index contributed by atoms with van der Waals surface area (Å²) in [5, 5.41) is 2.20. The fraction of sp³-hybridized carbons (Fsp3) is 0.294. The molecule has 2 N–H and O–H groups in total. The molecule has 0 atom stereocenters.